The van der Waals surface area contributed by atoms with Crippen molar-refractivity contribution < 1.29 is 13.6 Å². The van der Waals surface area contributed by atoms with Gasteiger partial charge in [-0.05, 0) is 45.4 Å². The van der Waals surface area contributed by atoms with E-state index in [0.29, 0.717) is 12.1 Å². The lowest BCUT2D eigenvalue weighted by atomic mass is 10.0. The molecule has 2 saturated carbocycles. The number of fused-ring (bicyclic) bond motifs is 3. The highest BCUT2D eigenvalue weighted by atomic mass is 19.3. The maximum atomic E-state index is 13.3. The first kappa shape index (κ1) is 14.9. The van der Waals surface area contributed by atoms with Crippen LogP contribution in [0, 0.1) is 17.8 Å². The Morgan fingerprint density at radius 2 is 1.55 bits per heavy atom. The highest BCUT2D eigenvalue weighted by molar-refractivity contribution is 5.83. The molecule has 4 atom stereocenters. The summed E-state index contributed by atoms with van der Waals surface area (Å²) in [6, 6.07) is 0.597. The third-order valence-electron chi connectivity index (χ3n) is 6.37. The lowest BCUT2D eigenvalue weighted by Gasteiger charge is -2.47. The summed E-state index contributed by atoms with van der Waals surface area (Å²) >= 11 is 0. The molecule has 1 amide bonds. The van der Waals surface area contributed by atoms with Crippen LogP contribution in [-0.2, 0) is 4.79 Å². The molecule has 5 heteroatoms. The molecule has 124 valence electrons. The van der Waals surface area contributed by atoms with Gasteiger partial charge >= 0.3 is 0 Å². The van der Waals surface area contributed by atoms with E-state index in [-0.39, 0.29) is 42.0 Å². The Balaban J connectivity index is 1.44. The molecule has 3 nitrogen and oxygen atoms in total. The number of piperazine rings is 1. The molecule has 2 saturated heterocycles. The molecule has 4 rings (SSSR count). The number of nitrogens with zero attached hydrogens (tertiary/aromatic N) is 2. The van der Waals surface area contributed by atoms with E-state index in [4.69, 9.17) is 0 Å². The minimum absolute atomic E-state index is 0.0393. The molecule has 4 fully saturated rings. The highest BCUT2D eigenvalue weighted by Gasteiger charge is 2.67. The summed E-state index contributed by atoms with van der Waals surface area (Å²) in [5.74, 6) is -2.50. The molecule has 2 aliphatic heterocycles. The van der Waals surface area contributed by atoms with E-state index in [0.717, 1.165) is 25.9 Å². The standard InChI is InChI=1S/C17H26F2N2O/c1-16(2,3)20-8-10-4-5-11(9-20)21(10)15(22)14-12-6-17(18,19)7-13(12)14/h10-14H,4-9H2,1-3H3. The van der Waals surface area contributed by atoms with Crippen LogP contribution in [0.3, 0.4) is 0 Å². The molecule has 0 aromatic heterocycles. The van der Waals surface area contributed by atoms with Crippen LogP contribution in [0.15, 0.2) is 0 Å². The fourth-order valence-corrected chi connectivity index (χ4v) is 5.12. The van der Waals surface area contributed by atoms with Crippen LogP contribution in [-0.4, -0.2) is 52.3 Å². The van der Waals surface area contributed by atoms with E-state index in [1.54, 1.807) is 0 Å². The number of rotatable bonds is 1. The zero-order valence-electron chi connectivity index (χ0n) is 13.7. The number of hydrogen-bond donors (Lipinski definition) is 0. The molecule has 4 aliphatic rings. The molecule has 4 unspecified atom stereocenters. The van der Waals surface area contributed by atoms with Gasteiger partial charge in [0.05, 0.1) is 0 Å². The quantitative estimate of drug-likeness (QED) is 0.743. The molecule has 22 heavy (non-hydrogen) atoms. The zero-order valence-corrected chi connectivity index (χ0v) is 13.7. The zero-order chi connectivity index (χ0) is 15.9. The van der Waals surface area contributed by atoms with E-state index in [9.17, 15) is 13.6 Å². The summed E-state index contributed by atoms with van der Waals surface area (Å²) in [5, 5.41) is 0. The first-order chi connectivity index (χ1) is 10.2. The van der Waals surface area contributed by atoms with Crippen LogP contribution >= 0.6 is 0 Å². The Morgan fingerprint density at radius 3 is 2.00 bits per heavy atom. The number of amides is 1. The third kappa shape index (κ3) is 2.19. The molecule has 0 aromatic carbocycles. The summed E-state index contributed by atoms with van der Waals surface area (Å²) in [7, 11) is 0. The van der Waals surface area contributed by atoms with E-state index < -0.39 is 5.92 Å². The van der Waals surface area contributed by atoms with Gasteiger partial charge in [-0.1, -0.05) is 0 Å². The van der Waals surface area contributed by atoms with Crippen molar-refractivity contribution in [1.29, 1.82) is 0 Å². The Hall–Kier alpha value is -0.710. The summed E-state index contributed by atoms with van der Waals surface area (Å²) in [4.78, 5) is 17.4. The molecule has 0 radical (unpaired) electrons. The summed E-state index contributed by atoms with van der Waals surface area (Å²) < 4.78 is 26.6. The van der Waals surface area contributed by atoms with Gasteiger partial charge in [0.1, 0.15) is 0 Å². The molecular formula is C17H26F2N2O. The van der Waals surface area contributed by atoms with Gasteiger partial charge in [0.25, 0.3) is 0 Å². The average molecular weight is 312 g/mol. The van der Waals surface area contributed by atoms with E-state index >= 15 is 0 Å². The SMILES string of the molecule is CC(C)(C)N1CC2CCC(C1)N2C(=O)C1C2CC(F)(F)CC21. The number of hydrogen-bond acceptors (Lipinski definition) is 2. The minimum Gasteiger partial charge on any atom is -0.334 e. The van der Waals surface area contributed by atoms with Crippen molar-refractivity contribution in [2.24, 2.45) is 17.8 Å². The van der Waals surface area contributed by atoms with Gasteiger partial charge in [0, 0.05) is 49.5 Å². The topological polar surface area (TPSA) is 23.6 Å². The van der Waals surface area contributed by atoms with Crippen LogP contribution in [0.5, 0.6) is 0 Å². The maximum Gasteiger partial charge on any atom is 0.248 e. The van der Waals surface area contributed by atoms with Crippen molar-refractivity contribution >= 4 is 5.91 Å². The number of likely N-dealkylation sites (tertiary alicyclic amines) is 1. The first-order valence-electron chi connectivity index (χ1n) is 8.62. The van der Waals surface area contributed by atoms with Gasteiger partial charge in [-0.3, -0.25) is 9.69 Å². The second-order valence-electron chi connectivity index (χ2n) is 8.82. The van der Waals surface area contributed by atoms with Gasteiger partial charge in [-0.15, -0.1) is 0 Å². The van der Waals surface area contributed by atoms with E-state index in [1.807, 2.05) is 0 Å². The fourth-order valence-electron chi connectivity index (χ4n) is 5.12. The Labute approximate surface area is 131 Å². The van der Waals surface area contributed by atoms with Crippen molar-refractivity contribution in [3.8, 4) is 0 Å². The smallest absolute Gasteiger partial charge is 0.248 e. The van der Waals surface area contributed by atoms with Crippen LogP contribution in [0.4, 0.5) is 8.78 Å². The van der Waals surface area contributed by atoms with Crippen LogP contribution in [0.2, 0.25) is 0 Å². The Kier molecular flexibility index (Phi) is 2.99. The number of halogens is 2. The predicted molar refractivity (Wildman–Crippen MR) is 79.6 cm³/mol. The van der Waals surface area contributed by atoms with Crippen molar-refractivity contribution in [2.45, 2.75) is 70.0 Å². The highest BCUT2D eigenvalue weighted by Crippen LogP contribution is 2.63. The monoisotopic (exact) mass is 312 g/mol. The molecule has 0 aromatic rings. The number of alkyl halides is 2. The number of carbonyl (C=O) groups is 1. The van der Waals surface area contributed by atoms with Gasteiger partial charge in [-0.25, -0.2) is 8.78 Å². The molecule has 2 bridgehead atoms. The number of carbonyl (C=O) groups excluding carboxylic acids is 1. The van der Waals surface area contributed by atoms with Crippen molar-refractivity contribution in [3.05, 3.63) is 0 Å². The van der Waals surface area contributed by atoms with Gasteiger partial charge in [0.2, 0.25) is 11.8 Å². The Morgan fingerprint density at radius 1 is 1.05 bits per heavy atom. The molecule has 0 spiro atoms. The van der Waals surface area contributed by atoms with Crippen LogP contribution in [0.1, 0.15) is 46.5 Å². The summed E-state index contributed by atoms with van der Waals surface area (Å²) in [6.45, 7) is 8.53. The third-order valence-corrected chi connectivity index (χ3v) is 6.37. The minimum atomic E-state index is -2.52. The van der Waals surface area contributed by atoms with Crippen molar-refractivity contribution in [3.63, 3.8) is 0 Å². The fraction of sp³-hybridized carbons (Fsp3) is 0.941. The van der Waals surface area contributed by atoms with Gasteiger partial charge in [0.15, 0.2) is 0 Å². The largest absolute Gasteiger partial charge is 0.334 e. The second kappa shape index (κ2) is 4.43. The molecule has 0 N–H and O–H groups in total. The lowest BCUT2D eigenvalue weighted by molar-refractivity contribution is -0.141. The van der Waals surface area contributed by atoms with Crippen LogP contribution in [0.25, 0.3) is 0 Å². The lowest BCUT2D eigenvalue weighted by Crippen LogP contribution is -2.60. The molecule has 2 heterocycles. The van der Waals surface area contributed by atoms with E-state index in [2.05, 4.69) is 30.6 Å². The first-order valence-corrected chi connectivity index (χ1v) is 8.62. The molecule has 2 aliphatic carbocycles. The maximum absolute atomic E-state index is 13.3. The summed E-state index contributed by atoms with van der Waals surface area (Å²) in [6.07, 6.45) is 2.01. The molecular weight excluding hydrogens is 286 g/mol. The normalized spacial score (nSPS) is 43.3. The van der Waals surface area contributed by atoms with Crippen molar-refractivity contribution in [2.75, 3.05) is 13.1 Å². The average Bonchev–Trinajstić information content (AvgIpc) is 2.81. The second-order valence-corrected chi connectivity index (χ2v) is 8.82. The van der Waals surface area contributed by atoms with Gasteiger partial charge < -0.3 is 4.90 Å². The Bertz CT molecular complexity index is 473. The van der Waals surface area contributed by atoms with E-state index in [1.165, 1.54) is 0 Å². The summed E-state index contributed by atoms with van der Waals surface area (Å²) in [5.41, 5.74) is 0.133. The van der Waals surface area contributed by atoms with Gasteiger partial charge in [-0.2, -0.15) is 0 Å². The predicted octanol–water partition coefficient (Wildman–Crippen LogP) is 2.75. The van der Waals surface area contributed by atoms with Crippen LogP contribution < -0.4 is 0 Å². The van der Waals surface area contributed by atoms with Crippen molar-refractivity contribution in [1.82, 2.24) is 9.80 Å².